The molecule has 1 heterocycles. The van der Waals surface area contributed by atoms with E-state index < -0.39 is 0 Å². The highest BCUT2D eigenvalue weighted by molar-refractivity contribution is 5.87. The molecular weight excluding hydrogens is 180 g/mol. The highest BCUT2D eigenvalue weighted by Gasteiger charge is 2.20. The van der Waals surface area contributed by atoms with Crippen molar-refractivity contribution < 1.29 is 14.3 Å². The van der Waals surface area contributed by atoms with Crippen molar-refractivity contribution in [3.05, 3.63) is 28.8 Å². The van der Waals surface area contributed by atoms with Crippen LogP contribution in [0, 0.1) is 0 Å². The number of fused-ring (bicyclic) bond motifs is 2. The van der Waals surface area contributed by atoms with Crippen molar-refractivity contribution >= 4 is 12.4 Å². The largest absolute Gasteiger partial charge is 0.454 e. The van der Waals surface area contributed by atoms with Crippen LogP contribution in [0.2, 0.25) is 0 Å². The maximum absolute atomic E-state index is 10.6. The van der Waals surface area contributed by atoms with Gasteiger partial charge in [-0.15, -0.1) is 0 Å². The molecule has 0 atom stereocenters. The van der Waals surface area contributed by atoms with Crippen LogP contribution in [0.4, 0.5) is 0 Å². The van der Waals surface area contributed by atoms with Crippen LogP contribution in [-0.2, 0) is 11.2 Å². The average molecular weight is 188 g/mol. The van der Waals surface area contributed by atoms with Gasteiger partial charge in [0.15, 0.2) is 11.5 Å². The van der Waals surface area contributed by atoms with Gasteiger partial charge in [0.25, 0.3) is 0 Å². The molecule has 3 nitrogen and oxygen atoms in total. The first-order valence-electron chi connectivity index (χ1n) is 4.45. The molecule has 0 unspecified atom stereocenters. The molecule has 0 fully saturated rings. The van der Waals surface area contributed by atoms with Crippen molar-refractivity contribution in [3.63, 3.8) is 0 Å². The maximum atomic E-state index is 10.6. The van der Waals surface area contributed by atoms with Crippen molar-refractivity contribution in [2.45, 2.75) is 6.42 Å². The molecule has 0 saturated carbocycles. The molecule has 1 aliphatic heterocycles. The number of hydrogen-bond donors (Lipinski definition) is 0. The molecular formula is C11H8O3. The minimum Gasteiger partial charge on any atom is -0.454 e. The molecule has 1 aromatic carbocycles. The first-order valence-corrected chi connectivity index (χ1v) is 4.45. The van der Waals surface area contributed by atoms with Crippen LogP contribution < -0.4 is 9.47 Å². The molecule has 0 bridgehead atoms. The molecule has 0 radical (unpaired) electrons. The van der Waals surface area contributed by atoms with Gasteiger partial charge in [0.1, 0.15) is 6.29 Å². The van der Waals surface area contributed by atoms with Crippen LogP contribution in [0.3, 0.4) is 0 Å². The number of allylic oxidation sites excluding steroid dienone is 1. The van der Waals surface area contributed by atoms with Crippen LogP contribution in [0.15, 0.2) is 17.7 Å². The third-order valence-corrected chi connectivity index (χ3v) is 2.52. The lowest BCUT2D eigenvalue weighted by molar-refractivity contribution is -0.104. The molecule has 1 aliphatic carbocycles. The summed E-state index contributed by atoms with van der Waals surface area (Å²) in [5.41, 5.74) is 3.01. The zero-order valence-electron chi connectivity index (χ0n) is 7.45. The zero-order chi connectivity index (χ0) is 9.54. The van der Waals surface area contributed by atoms with Crippen LogP contribution >= 0.6 is 0 Å². The molecule has 3 rings (SSSR count). The van der Waals surface area contributed by atoms with Crippen molar-refractivity contribution in [1.29, 1.82) is 0 Å². The Balaban J connectivity index is 2.11. The summed E-state index contributed by atoms with van der Waals surface area (Å²) in [5, 5.41) is 0. The molecule has 14 heavy (non-hydrogen) atoms. The van der Waals surface area contributed by atoms with Gasteiger partial charge >= 0.3 is 0 Å². The number of benzene rings is 1. The number of rotatable bonds is 1. The van der Waals surface area contributed by atoms with E-state index in [-0.39, 0.29) is 0 Å². The second kappa shape index (κ2) is 2.61. The van der Waals surface area contributed by atoms with E-state index in [1.54, 1.807) is 0 Å². The fourth-order valence-corrected chi connectivity index (χ4v) is 1.83. The number of aldehydes is 1. The lowest BCUT2D eigenvalue weighted by Crippen LogP contribution is -1.93. The lowest BCUT2D eigenvalue weighted by Gasteiger charge is -2.00. The summed E-state index contributed by atoms with van der Waals surface area (Å²) in [6, 6.07) is 3.87. The number of hydrogen-bond acceptors (Lipinski definition) is 3. The van der Waals surface area contributed by atoms with E-state index in [2.05, 4.69) is 0 Å². The first-order chi connectivity index (χ1) is 6.86. The maximum Gasteiger partial charge on any atom is 0.231 e. The van der Waals surface area contributed by atoms with Gasteiger partial charge in [-0.2, -0.15) is 0 Å². The van der Waals surface area contributed by atoms with E-state index in [9.17, 15) is 4.79 Å². The Morgan fingerprint density at radius 3 is 2.79 bits per heavy atom. The van der Waals surface area contributed by atoms with Crippen molar-refractivity contribution in [1.82, 2.24) is 0 Å². The van der Waals surface area contributed by atoms with Gasteiger partial charge in [-0.05, 0) is 34.9 Å². The van der Waals surface area contributed by atoms with Gasteiger partial charge in [0.2, 0.25) is 6.79 Å². The Bertz CT molecular complexity index is 446. The van der Waals surface area contributed by atoms with E-state index in [0.717, 1.165) is 34.5 Å². The van der Waals surface area contributed by atoms with Gasteiger partial charge < -0.3 is 9.47 Å². The summed E-state index contributed by atoms with van der Waals surface area (Å²) >= 11 is 0. The Hall–Kier alpha value is -1.77. The highest BCUT2D eigenvalue weighted by atomic mass is 16.7. The van der Waals surface area contributed by atoms with Crippen molar-refractivity contribution in [3.8, 4) is 11.5 Å². The molecule has 0 saturated heterocycles. The van der Waals surface area contributed by atoms with Gasteiger partial charge in [-0.3, -0.25) is 4.79 Å². The molecule has 2 aliphatic rings. The lowest BCUT2D eigenvalue weighted by atomic mass is 10.1. The molecule has 70 valence electrons. The summed E-state index contributed by atoms with van der Waals surface area (Å²) < 4.78 is 10.5. The number of carbonyl (C=O) groups excluding carboxylic acids is 1. The highest BCUT2D eigenvalue weighted by Crippen LogP contribution is 2.38. The SMILES string of the molecule is O=CC1=Cc2cc3c(cc2C1)OCO3. The monoisotopic (exact) mass is 188 g/mol. The number of ether oxygens (including phenoxy) is 2. The molecule has 0 spiro atoms. The minimum atomic E-state index is 0.294. The summed E-state index contributed by atoms with van der Waals surface area (Å²) in [7, 11) is 0. The van der Waals surface area contributed by atoms with Gasteiger partial charge in [0, 0.05) is 6.42 Å². The second-order valence-electron chi connectivity index (χ2n) is 3.42. The molecule has 3 heteroatoms. The topological polar surface area (TPSA) is 35.5 Å². The molecule has 0 amide bonds. The number of carbonyl (C=O) groups is 1. The van der Waals surface area contributed by atoms with Crippen LogP contribution in [0.25, 0.3) is 6.08 Å². The normalized spacial score (nSPS) is 16.4. The zero-order valence-corrected chi connectivity index (χ0v) is 7.45. The Labute approximate surface area is 80.9 Å². The third-order valence-electron chi connectivity index (χ3n) is 2.52. The smallest absolute Gasteiger partial charge is 0.231 e. The fourth-order valence-electron chi connectivity index (χ4n) is 1.83. The Morgan fingerprint density at radius 1 is 1.21 bits per heavy atom. The predicted octanol–water partition coefficient (Wildman–Crippen LogP) is 1.55. The van der Waals surface area contributed by atoms with E-state index in [1.807, 2.05) is 18.2 Å². The van der Waals surface area contributed by atoms with Gasteiger partial charge in [0.05, 0.1) is 0 Å². The van der Waals surface area contributed by atoms with E-state index >= 15 is 0 Å². The van der Waals surface area contributed by atoms with Crippen LogP contribution in [0.5, 0.6) is 11.5 Å². The summed E-state index contributed by atoms with van der Waals surface area (Å²) in [4.78, 5) is 10.6. The van der Waals surface area contributed by atoms with Crippen molar-refractivity contribution in [2.24, 2.45) is 0 Å². The summed E-state index contributed by atoms with van der Waals surface area (Å²) in [6.07, 6.45) is 3.49. The van der Waals surface area contributed by atoms with E-state index in [0.29, 0.717) is 13.2 Å². The fraction of sp³-hybridized carbons (Fsp3) is 0.182. The average Bonchev–Trinajstić information content (AvgIpc) is 2.77. The predicted molar refractivity (Wildman–Crippen MR) is 50.3 cm³/mol. The van der Waals surface area contributed by atoms with E-state index in [4.69, 9.17) is 9.47 Å². The quantitative estimate of drug-likeness (QED) is 0.627. The first kappa shape index (κ1) is 7.62. The van der Waals surface area contributed by atoms with E-state index in [1.165, 1.54) is 0 Å². The van der Waals surface area contributed by atoms with Crippen LogP contribution in [-0.4, -0.2) is 13.1 Å². The summed E-state index contributed by atoms with van der Waals surface area (Å²) in [5.74, 6) is 1.55. The molecule has 0 aromatic heterocycles. The van der Waals surface area contributed by atoms with Crippen LogP contribution in [0.1, 0.15) is 11.1 Å². The Kier molecular flexibility index (Phi) is 1.42. The van der Waals surface area contributed by atoms with Gasteiger partial charge in [-0.1, -0.05) is 0 Å². The standard InChI is InChI=1S/C11H8O3/c12-5-7-1-8-3-10-11(14-6-13-10)4-9(8)2-7/h1,3-5H,2,6H2. The summed E-state index contributed by atoms with van der Waals surface area (Å²) in [6.45, 7) is 0.294. The molecule has 0 N–H and O–H groups in total. The molecule has 1 aromatic rings. The minimum absolute atomic E-state index is 0.294. The Morgan fingerprint density at radius 2 is 2.00 bits per heavy atom. The second-order valence-corrected chi connectivity index (χ2v) is 3.42. The third kappa shape index (κ3) is 0.954. The van der Waals surface area contributed by atoms with Gasteiger partial charge in [-0.25, -0.2) is 0 Å². The van der Waals surface area contributed by atoms with Crippen molar-refractivity contribution in [2.75, 3.05) is 6.79 Å².